The third-order valence-corrected chi connectivity index (χ3v) is 6.30. The number of hydrogen-bond donors (Lipinski definition) is 0. The Labute approximate surface area is 162 Å². The smallest absolute Gasteiger partial charge is 0.227 e. The number of carbonyl (C=O) groups excluding carboxylic acids is 2. The van der Waals surface area contributed by atoms with Crippen LogP contribution in [0.1, 0.15) is 24.8 Å². The quantitative estimate of drug-likeness (QED) is 0.806. The van der Waals surface area contributed by atoms with Crippen LogP contribution in [0, 0.1) is 0 Å². The molecule has 27 heavy (non-hydrogen) atoms. The molecule has 1 spiro atoms. The van der Waals surface area contributed by atoms with Gasteiger partial charge in [0.25, 0.3) is 0 Å². The lowest BCUT2D eigenvalue weighted by Gasteiger charge is -2.49. The molecule has 0 aliphatic carbocycles. The van der Waals surface area contributed by atoms with Crippen LogP contribution in [0.5, 0.6) is 0 Å². The van der Waals surface area contributed by atoms with Crippen LogP contribution in [0.4, 0.5) is 5.69 Å². The Morgan fingerprint density at radius 2 is 1.78 bits per heavy atom. The number of hydrogen-bond acceptors (Lipinski definition) is 4. The molecule has 2 aliphatic heterocycles. The summed E-state index contributed by atoms with van der Waals surface area (Å²) in [5.41, 5.74) is 2.11. The van der Waals surface area contributed by atoms with Crippen LogP contribution in [0.3, 0.4) is 0 Å². The van der Waals surface area contributed by atoms with E-state index >= 15 is 0 Å². The predicted octanol–water partition coefficient (Wildman–Crippen LogP) is 1.45. The molecule has 6 heteroatoms. The Balaban J connectivity index is 1.67. The maximum Gasteiger partial charge on any atom is 0.227 e. The van der Waals surface area contributed by atoms with Crippen molar-refractivity contribution >= 4 is 17.5 Å². The SMILES string of the molecule is CN1CC[C@]2(CCC1=O)CN(C(=O)Cc1ccc(N(C)C)cc1)CCN2C. The number of amides is 2. The maximum absolute atomic E-state index is 13.0. The fourth-order valence-electron chi connectivity index (χ4n) is 4.17. The summed E-state index contributed by atoms with van der Waals surface area (Å²) >= 11 is 0. The van der Waals surface area contributed by atoms with E-state index in [9.17, 15) is 9.59 Å². The van der Waals surface area contributed by atoms with Gasteiger partial charge in [0.1, 0.15) is 0 Å². The molecule has 0 unspecified atom stereocenters. The fourth-order valence-corrected chi connectivity index (χ4v) is 4.17. The summed E-state index contributed by atoms with van der Waals surface area (Å²) in [5.74, 6) is 0.397. The summed E-state index contributed by atoms with van der Waals surface area (Å²) in [7, 11) is 8.04. The third kappa shape index (κ3) is 4.26. The van der Waals surface area contributed by atoms with Crippen LogP contribution < -0.4 is 4.90 Å². The summed E-state index contributed by atoms with van der Waals surface area (Å²) in [5, 5.41) is 0. The Bertz CT molecular complexity index is 688. The Kier molecular flexibility index (Phi) is 5.75. The summed E-state index contributed by atoms with van der Waals surface area (Å²) < 4.78 is 0. The highest BCUT2D eigenvalue weighted by atomic mass is 16.2. The average Bonchev–Trinajstić information content (AvgIpc) is 2.79. The zero-order chi connectivity index (χ0) is 19.6. The largest absolute Gasteiger partial charge is 0.378 e. The molecule has 2 heterocycles. The highest BCUT2D eigenvalue weighted by molar-refractivity contribution is 5.79. The van der Waals surface area contributed by atoms with Crippen LogP contribution >= 0.6 is 0 Å². The molecular weight excluding hydrogens is 340 g/mol. The molecule has 1 aromatic carbocycles. The van der Waals surface area contributed by atoms with Crippen molar-refractivity contribution in [2.45, 2.75) is 31.2 Å². The number of likely N-dealkylation sites (N-methyl/N-ethyl adjacent to an activating group) is 1. The van der Waals surface area contributed by atoms with Gasteiger partial charge in [0.05, 0.1) is 6.42 Å². The molecule has 0 radical (unpaired) electrons. The van der Waals surface area contributed by atoms with Crippen molar-refractivity contribution in [2.75, 3.05) is 59.3 Å². The summed E-state index contributed by atoms with van der Waals surface area (Å²) in [6, 6.07) is 8.19. The molecule has 2 aliphatic rings. The Morgan fingerprint density at radius 3 is 2.44 bits per heavy atom. The lowest BCUT2D eigenvalue weighted by molar-refractivity contribution is -0.136. The first kappa shape index (κ1) is 19.7. The number of nitrogens with zero attached hydrogens (tertiary/aromatic N) is 4. The van der Waals surface area contributed by atoms with E-state index in [1.165, 1.54) is 0 Å². The van der Waals surface area contributed by atoms with Gasteiger partial charge in [0.2, 0.25) is 11.8 Å². The van der Waals surface area contributed by atoms with Crippen molar-refractivity contribution in [1.29, 1.82) is 0 Å². The second-order valence-corrected chi connectivity index (χ2v) is 8.26. The standard InChI is InChI=1S/C21H32N4O2/c1-22(2)18-7-5-17(6-8-18)15-20(27)25-14-13-24(4)21(16-25)10-9-19(26)23(3)12-11-21/h5-8H,9-16H2,1-4H3/t21-/m1/s1. The van der Waals surface area contributed by atoms with E-state index in [4.69, 9.17) is 0 Å². The van der Waals surface area contributed by atoms with E-state index in [1.807, 2.05) is 43.1 Å². The van der Waals surface area contributed by atoms with Crippen LogP contribution in [0.25, 0.3) is 0 Å². The zero-order valence-electron chi connectivity index (χ0n) is 17.1. The number of likely N-dealkylation sites (tertiary alicyclic amines) is 1. The number of benzene rings is 1. The first-order valence-corrected chi connectivity index (χ1v) is 9.80. The van der Waals surface area contributed by atoms with Gasteiger partial charge in [-0.05, 0) is 37.6 Å². The molecule has 3 rings (SSSR count). The molecule has 6 nitrogen and oxygen atoms in total. The van der Waals surface area contributed by atoms with E-state index in [1.54, 1.807) is 0 Å². The number of piperazine rings is 1. The highest BCUT2D eigenvalue weighted by Gasteiger charge is 2.42. The topological polar surface area (TPSA) is 47.1 Å². The van der Waals surface area contributed by atoms with Gasteiger partial charge < -0.3 is 14.7 Å². The van der Waals surface area contributed by atoms with Crippen molar-refractivity contribution in [3.63, 3.8) is 0 Å². The predicted molar refractivity (Wildman–Crippen MR) is 108 cm³/mol. The summed E-state index contributed by atoms with van der Waals surface area (Å²) in [6.07, 6.45) is 2.75. The Hall–Kier alpha value is -2.08. The van der Waals surface area contributed by atoms with Crippen molar-refractivity contribution in [2.24, 2.45) is 0 Å². The maximum atomic E-state index is 13.0. The first-order valence-electron chi connectivity index (χ1n) is 9.80. The van der Waals surface area contributed by atoms with Gasteiger partial charge in [-0.25, -0.2) is 0 Å². The molecule has 148 valence electrons. The highest BCUT2D eigenvalue weighted by Crippen LogP contribution is 2.32. The normalized spacial score (nSPS) is 24.2. The second-order valence-electron chi connectivity index (χ2n) is 8.26. The van der Waals surface area contributed by atoms with E-state index in [-0.39, 0.29) is 17.4 Å². The van der Waals surface area contributed by atoms with Crippen LogP contribution in [-0.4, -0.2) is 86.4 Å². The molecule has 1 aromatic rings. The van der Waals surface area contributed by atoms with E-state index in [2.05, 4.69) is 29.0 Å². The van der Waals surface area contributed by atoms with Crippen molar-refractivity contribution in [3.05, 3.63) is 29.8 Å². The molecule has 0 N–H and O–H groups in total. The molecule has 1 atom stereocenters. The molecule has 0 bridgehead atoms. The van der Waals surface area contributed by atoms with Crippen LogP contribution in [0.2, 0.25) is 0 Å². The fraction of sp³-hybridized carbons (Fsp3) is 0.619. The zero-order valence-corrected chi connectivity index (χ0v) is 17.1. The average molecular weight is 373 g/mol. The van der Waals surface area contributed by atoms with Gasteiger partial charge in [-0.1, -0.05) is 12.1 Å². The van der Waals surface area contributed by atoms with E-state index < -0.39 is 0 Å². The second kappa shape index (κ2) is 7.89. The molecule has 0 saturated carbocycles. The molecule has 0 aromatic heterocycles. The molecular formula is C21H32N4O2. The van der Waals surface area contributed by atoms with Crippen molar-refractivity contribution < 1.29 is 9.59 Å². The number of anilines is 1. The lowest BCUT2D eigenvalue weighted by atomic mass is 9.86. The molecule has 2 fully saturated rings. The molecule has 2 saturated heterocycles. The first-order chi connectivity index (χ1) is 12.8. The van der Waals surface area contributed by atoms with Crippen molar-refractivity contribution in [3.8, 4) is 0 Å². The van der Waals surface area contributed by atoms with E-state index in [0.29, 0.717) is 12.8 Å². The van der Waals surface area contributed by atoms with Crippen LogP contribution in [0.15, 0.2) is 24.3 Å². The van der Waals surface area contributed by atoms with Gasteiger partial charge in [-0.2, -0.15) is 0 Å². The number of rotatable bonds is 3. The number of carbonyl (C=O) groups is 2. The van der Waals surface area contributed by atoms with Gasteiger partial charge in [0.15, 0.2) is 0 Å². The van der Waals surface area contributed by atoms with Gasteiger partial charge in [0, 0.05) is 65.0 Å². The third-order valence-electron chi connectivity index (χ3n) is 6.30. The van der Waals surface area contributed by atoms with E-state index in [0.717, 1.165) is 50.3 Å². The Morgan fingerprint density at radius 1 is 1.07 bits per heavy atom. The lowest BCUT2D eigenvalue weighted by Crippen LogP contribution is -2.62. The van der Waals surface area contributed by atoms with Crippen molar-refractivity contribution in [1.82, 2.24) is 14.7 Å². The molecule has 2 amide bonds. The minimum Gasteiger partial charge on any atom is -0.378 e. The summed E-state index contributed by atoms with van der Waals surface area (Å²) in [6.45, 7) is 3.11. The monoisotopic (exact) mass is 372 g/mol. The summed E-state index contributed by atoms with van der Waals surface area (Å²) in [4.78, 5) is 33.3. The van der Waals surface area contributed by atoms with Crippen LogP contribution in [-0.2, 0) is 16.0 Å². The van der Waals surface area contributed by atoms with Gasteiger partial charge in [-0.3, -0.25) is 14.5 Å². The van der Waals surface area contributed by atoms with Gasteiger partial charge >= 0.3 is 0 Å². The minimum absolute atomic E-state index is 0.0802. The van der Waals surface area contributed by atoms with Gasteiger partial charge in [-0.15, -0.1) is 0 Å². The minimum atomic E-state index is -0.0802.